The van der Waals surface area contributed by atoms with Crippen LogP contribution in [0.2, 0.25) is 0 Å². The van der Waals surface area contributed by atoms with Crippen molar-refractivity contribution in [2.75, 3.05) is 13.6 Å². The second-order valence-electron chi connectivity index (χ2n) is 3.47. The van der Waals surface area contributed by atoms with E-state index in [-0.39, 0.29) is 5.91 Å². The van der Waals surface area contributed by atoms with Crippen molar-refractivity contribution in [3.63, 3.8) is 0 Å². The predicted molar refractivity (Wildman–Crippen MR) is 58.5 cm³/mol. The molecule has 1 aromatic rings. The number of hydrogen-bond donors (Lipinski definition) is 2. The molecule has 1 aromatic heterocycles. The molecule has 0 atom stereocenters. The van der Waals surface area contributed by atoms with Crippen LogP contribution < -0.4 is 10.6 Å². The molecule has 0 fully saturated rings. The summed E-state index contributed by atoms with van der Waals surface area (Å²) >= 11 is 0. The van der Waals surface area contributed by atoms with E-state index < -0.39 is 0 Å². The van der Waals surface area contributed by atoms with Crippen molar-refractivity contribution < 1.29 is 9.21 Å². The lowest BCUT2D eigenvalue weighted by molar-refractivity contribution is -0.120. The summed E-state index contributed by atoms with van der Waals surface area (Å²) in [6, 6.07) is 3.91. The van der Waals surface area contributed by atoms with Crippen molar-refractivity contribution in [3.8, 4) is 0 Å². The summed E-state index contributed by atoms with van der Waals surface area (Å²) in [5.41, 5.74) is 0. The summed E-state index contributed by atoms with van der Waals surface area (Å²) in [6.45, 7) is 3.48. The fourth-order valence-electron chi connectivity index (χ4n) is 1.29. The molecule has 4 nitrogen and oxygen atoms in total. The highest BCUT2D eigenvalue weighted by molar-refractivity contribution is 5.75. The molecule has 0 aliphatic heterocycles. The minimum absolute atomic E-state index is 0.0886. The van der Waals surface area contributed by atoms with E-state index in [0.29, 0.717) is 6.42 Å². The van der Waals surface area contributed by atoms with Crippen LogP contribution in [0.15, 0.2) is 16.5 Å². The quantitative estimate of drug-likeness (QED) is 0.694. The van der Waals surface area contributed by atoms with E-state index in [0.717, 1.165) is 31.0 Å². The van der Waals surface area contributed by atoms with Gasteiger partial charge >= 0.3 is 0 Å². The van der Waals surface area contributed by atoms with E-state index in [1.807, 2.05) is 19.1 Å². The standard InChI is InChI=1S/C11H18N2O2/c1-9-5-6-10(15-9)8-13-7-3-4-11(14)12-2/h5-6,13H,3-4,7-8H2,1-2H3,(H,12,14). The Kier molecular flexibility index (Phi) is 4.90. The molecule has 84 valence electrons. The largest absolute Gasteiger partial charge is 0.465 e. The molecule has 2 N–H and O–H groups in total. The Bertz CT molecular complexity index is 307. The monoisotopic (exact) mass is 210 g/mol. The smallest absolute Gasteiger partial charge is 0.219 e. The van der Waals surface area contributed by atoms with Crippen molar-refractivity contribution in [1.29, 1.82) is 0 Å². The summed E-state index contributed by atoms with van der Waals surface area (Å²) in [6.07, 6.45) is 1.42. The summed E-state index contributed by atoms with van der Waals surface area (Å²) < 4.78 is 5.39. The molecule has 0 bridgehead atoms. The van der Waals surface area contributed by atoms with Crippen LogP contribution in [0.5, 0.6) is 0 Å². The SMILES string of the molecule is CNC(=O)CCCNCc1ccc(C)o1. The summed E-state index contributed by atoms with van der Waals surface area (Å²) in [4.78, 5) is 10.9. The summed E-state index contributed by atoms with van der Waals surface area (Å²) in [5, 5.41) is 5.81. The zero-order chi connectivity index (χ0) is 11.1. The maximum atomic E-state index is 10.9. The average Bonchev–Trinajstić information content (AvgIpc) is 2.63. The highest BCUT2D eigenvalue weighted by Crippen LogP contribution is 2.05. The van der Waals surface area contributed by atoms with Gasteiger partial charge in [-0.2, -0.15) is 0 Å². The molecule has 15 heavy (non-hydrogen) atoms. The van der Waals surface area contributed by atoms with Gasteiger partial charge in [-0.15, -0.1) is 0 Å². The molecule has 0 aromatic carbocycles. The van der Waals surface area contributed by atoms with Crippen LogP contribution >= 0.6 is 0 Å². The van der Waals surface area contributed by atoms with Crippen molar-refractivity contribution >= 4 is 5.91 Å². The van der Waals surface area contributed by atoms with E-state index in [1.165, 1.54) is 0 Å². The Morgan fingerprint density at radius 1 is 1.47 bits per heavy atom. The van der Waals surface area contributed by atoms with Crippen LogP contribution in [-0.2, 0) is 11.3 Å². The summed E-state index contributed by atoms with van der Waals surface area (Å²) in [7, 11) is 1.65. The lowest BCUT2D eigenvalue weighted by atomic mass is 10.3. The normalized spacial score (nSPS) is 10.3. The molecule has 0 unspecified atom stereocenters. The fourth-order valence-corrected chi connectivity index (χ4v) is 1.29. The number of aryl methyl sites for hydroxylation is 1. The van der Waals surface area contributed by atoms with Crippen molar-refractivity contribution in [1.82, 2.24) is 10.6 Å². The van der Waals surface area contributed by atoms with Crippen LogP contribution in [0, 0.1) is 6.92 Å². The molecular formula is C11H18N2O2. The first-order valence-electron chi connectivity index (χ1n) is 5.19. The molecule has 0 aliphatic rings. The topological polar surface area (TPSA) is 54.3 Å². The van der Waals surface area contributed by atoms with E-state index in [4.69, 9.17) is 4.42 Å². The lowest BCUT2D eigenvalue weighted by Gasteiger charge is -2.02. The molecule has 0 radical (unpaired) electrons. The molecule has 0 aliphatic carbocycles. The first-order valence-corrected chi connectivity index (χ1v) is 5.19. The lowest BCUT2D eigenvalue weighted by Crippen LogP contribution is -2.20. The van der Waals surface area contributed by atoms with Gasteiger partial charge in [0.2, 0.25) is 5.91 Å². The maximum Gasteiger partial charge on any atom is 0.219 e. The first kappa shape index (κ1) is 11.8. The van der Waals surface area contributed by atoms with Gasteiger partial charge < -0.3 is 15.1 Å². The highest BCUT2D eigenvalue weighted by atomic mass is 16.3. The van der Waals surface area contributed by atoms with Crippen LogP contribution in [-0.4, -0.2) is 19.5 Å². The van der Waals surface area contributed by atoms with Gasteiger partial charge in [0.1, 0.15) is 11.5 Å². The van der Waals surface area contributed by atoms with Gasteiger partial charge in [-0.05, 0) is 32.0 Å². The van der Waals surface area contributed by atoms with Gasteiger partial charge in [0.15, 0.2) is 0 Å². The third-order valence-electron chi connectivity index (χ3n) is 2.13. The Labute approximate surface area is 90.0 Å². The van der Waals surface area contributed by atoms with E-state index in [1.54, 1.807) is 7.05 Å². The van der Waals surface area contributed by atoms with Crippen LogP contribution in [0.25, 0.3) is 0 Å². The van der Waals surface area contributed by atoms with Gasteiger partial charge in [-0.25, -0.2) is 0 Å². The van der Waals surface area contributed by atoms with Crippen LogP contribution in [0.1, 0.15) is 24.4 Å². The Morgan fingerprint density at radius 2 is 2.27 bits per heavy atom. The number of rotatable bonds is 6. The Morgan fingerprint density at radius 3 is 2.87 bits per heavy atom. The average molecular weight is 210 g/mol. The number of carbonyl (C=O) groups is 1. The first-order chi connectivity index (χ1) is 7.22. The van der Waals surface area contributed by atoms with Gasteiger partial charge in [-0.3, -0.25) is 4.79 Å². The third kappa shape index (κ3) is 4.65. The van der Waals surface area contributed by atoms with Gasteiger partial charge in [0.05, 0.1) is 6.54 Å². The number of nitrogens with one attached hydrogen (secondary N) is 2. The number of amides is 1. The van der Waals surface area contributed by atoms with Crippen molar-refractivity contribution in [3.05, 3.63) is 23.7 Å². The number of carbonyl (C=O) groups excluding carboxylic acids is 1. The molecule has 1 rings (SSSR count). The number of furan rings is 1. The van der Waals surface area contributed by atoms with Crippen molar-refractivity contribution in [2.45, 2.75) is 26.3 Å². The third-order valence-corrected chi connectivity index (χ3v) is 2.13. The van der Waals surface area contributed by atoms with Gasteiger partial charge in [0, 0.05) is 13.5 Å². The Balaban J connectivity index is 2.05. The number of hydrogen-bond acceptors (Lipinski definition) is 3. The van der Waals surface area contributed by atoms with E-state index in [9.17, 15) is 4.79 Å². The zero-order valence-electron chi connectivity index (χ0n) is 9.30. The van der Waals surface area contributed by atoms with Gasteiger partial charge in [0.25, 0.3) is 0 Å². The minimum Gasteiger partial charge on any atom is -0.465 e. The van der Waals surface area contributed by atoms with Crippen LogP contribution in [0.4, 0.5) is 0 Å². The molecule has 4 heteroatoms. The minimum atomic E-state index is 0.0886. The molecule has 0 saturated carbocycles. The zero-order valence-corrected chi connectivity index (χ0v) is 9.30. The predicted octanol–water partition coefficient (Wildman–Crippen LogP) is 1.20. The van der Waals surface area contributed by atoms with E-state index in [2.05, 4.69) is 10.6 Å². The molecular weight excluding hydrogens is 192 g/mol. The maximum absolute atomic E-state index is 10.9. The van der Waals surface area contributed by atoms with Crippen LogP contribution in [0.3, 0.4) is 0 Å². The summed E-state index contributed by atoms with van der Waals surface area (Å²) in [5.74, 6) is 1.95. The molecule has 0 spiro atoms. The molecule has 1 heterocycles. The van der Waals surface area contributed by atoms with Crippen molar-refractivity contribution in [2.24, 2.45) is 0 Å². The van der Waals surface area contributed by atoms with E-state index >= 15 is 0 Å². The Hall–Kier alpha value is -1.29. The van der Waals surface area contributed by atoms with Gasteiger partial charge in [-0.1, -0.05) is 0 Å². The fraction of sp³-hybridized carbons (Fsp3) is 0.545. The highest BCUT2D eigenvalue weighted by Gasteiger charge is 1.99. The second kappa shape index (κ2) is 6.24. The second-order valence-corrected chi connectivity index (χ2v) is 3.47. The molecule has 1 amide bonds. The molecule has 0 saturated heterocycles.